The van der Waals surface area contributed by atoms with Crippen LogP contribution in [0.25, 0.3) is 0 Å². The van der Waals surface area contributed by atoms with Crippen LogP contribution in [0.3, 0.4) is 0 Å². The summed E-state index contributed by atoms with van der Waals surface area (Å²) in [6, 6.07) is 0. The normalized spacial score (nSPS) is 14.1. The number of halogens is 6. The summed E-state index contributed by atoms with van der Waals surface area (Å²) in [4.78, 5) is 0. The highest BCUT2D eigenvalue weighted by Crippen LogP contribution is 2.39. The largest absolute Gasteiger partial charge is 0.392 e. The van der Waals surface area contributed by atoms with E-state index in [1.54, 1.807) is 0 Å². The van der Waals surface area contributed by atoms with Gasteiger partial charge in [-0.2, -0.15) is 26.3 Å². The van der Waals surface area contributed by atoms with E-state index in [0.29, 0.717) is 13.8 Å². The molecule has 0 saturated carbocycles. The molecule has 6 heteroatoms. The van der Waals surface area contributed by atoms with Crippen LogP contribution in [0, 0.1) is 11.8 Å². The van der Waals surface area contributed by atoms with Crippen molar-refractivity contribution in [2.75, 3.05) is 0 Å². The quantitative estimate of drug-likeness (QED) is 0.334. The number of unbranched alkanes of at least 4 members (excludes halogenated alkanes) is 5. The molecule has 0 aliphatic carbocycles. The molecule has 0 aliphatic heterocycles. The van der Waals surface area contributed by atoms with E-state index in [4.69, 9.17) is 0 Å². The van der Waals surface area contributed by atoms with Crippen LogP contribution in [0.4, 0.5) is 26.3 Å². The van der Waals surface area contributed by atoms with Crippen LogP contribution in [0.15, 0.2) is 0 Å². The Morgan fingerprint density at radius 2 is 0.783 bits per heavy atom. The molecule has 0 saturated heterocycles. The monoisotopic (exact) mass is 352 g/mol. The smallest absolute Gasteiger partial charge is 0.171 e. The minimum atomic E-state index is -4.78. The zero-order valence-corrected chi connectivity index (χ0v) is 15.4. The lowest BCUT2D eigenvalue weighted by molar-refractivity contribution is -0.245. The minimum absolute atomic E-state index is 0.526. The van der Waals surface area contributed by atoms with Crippen molar-refractivity contribution in [3.8, 4) is 0 Å². The van der Waals surface area contributed by atoms with Gasteiger partial charge in [0.2, 0.25) is 0 Å². The molecule has 0 N–H and O–H groups in total. The van der Waals surface area contributed by atoms with Crippen molar-refractivity contribution in [2.45, 2.75) is 98.8 Å². The van der Waals surface area contributed by atoms with E-state index in [1.165, 1.54) is 44.9 Å². The van der Waals surface area contributed by atoms with Crippen LogP contribution < -0.4 is 0 Å². The number of hydrogen-bond donors (Lipinski definition) is 0. The fourth-order valence-corrected chi connectivity index (χ4v) is 1.42. The van der Waals surface area contributed by atoms with Gasteiger partial charge >= 0.3 is 12.4 Å². The SMILES string of the molecule is CC(C(C)C(F)(F)F)C(F)(F)F.CCC.CCCCCCCC. The molecule has 144 valence electrons. The Hall–Kier alpha value is -0.420. The summed E-state index contributed by atoms with van der Waals surface area (Å²) in [5.41, 5.74) is 0. The van der Waals surface area contributed by atoms with Gasteiger partial charge in [0.1, 0.15) is 0 Å². The minimum Gasteiger partial charge on any atom is -0.171 e. The van der Waals surface area contributed by atoms with Crippen molar-refractivity contribution in [3.63, 3.8) is 0 Å². The van der Waals surface area contributed by atoms with Crippen molar-refractivity contribution in [1.29, 1.82) is 0 Å². The molecule has 0 spiro atoms. The summed E-state index contributed by atoms with van der Waals surface area (Å²) in [5, 5.41) is 0. The highest BCUT2D eigenvalue weighted by atomic mass is 19.4. The first-order chi connectivity index (χ1) is 10.4. The van der Waals surface area contributed by atoms with E-state index in [-0.39, 0.29) is 0 Å². The van der Waals surface area contributed by atoms with Gasteiger partial charge in [0.15, 0.2) is 0 Å². The standard InChI is InChI=1S/C8H18.C6H8F6.C3H8/c1-3-5-7-8-6-4-2;1-3(5(7,8)9)4(2)6(10,11)12;1-3-2/h3-8H2,1-2H3;3-4H,1-2H3;3H2,1-2H3. The zero-order valence-electron chi connectivity index (χ0n) is 15.4. The summed E-state index contributed by atoms with van der Waals surface area (Å²) >= 11 is 0. The van der Waals surface area contributed by atoms with E-state index in [9.17, 15) is 26.3 Å². The Balaban J connectivity index is -0.000000313. The molecule has 0 fully saturated rings. The maximum Gasteiger partial charge on any atom is 0.392 e. The van der Waals surface area contributed by atoms with Gasteiger partial charge < -0.3 is 0 Å². The van der Waals surface area contributed by atoms with Crippen LogP contribution in [0.5, 0.6) is 0 Å². The van der Waals surface area contributed by atoms with Gasteiger partial charge in [-0.15, -0.1) is 0 Å². The first kappa shape index (κ1) is 27.4. The fraction of sp³-hybridized carbons (Fsp3) is 1.00. The van der Waals surface area contributed by atoms with E-state index in [2.05, 4.69) is 27.7 Å². The maximum atomic E-state index is 11.7. The Morgan fingerprint density at radius 3 is 0.913 bits per heavy atom. The summed E-state index contributed by atoms with van der Waals surface area (Å²) in [6.45, 7) is 9.81. The summed E-state index contributed by atoms with van der Waals surface area (Å²) < 4.78 is 70.4. The van der Waals surface area contributed by atoms with Gasteiger partial charge in [-0.05, 0) is 0 Å². The third kappa shape index (κ3) is 19.5. The highest BCUT2D eigenvalue weighted by Gasteiger charge is 2.50. The summed E-state index contributed by atoms with van der Waals surface area (Å²) in [6.07, 6.45) is 0.173. The fourth-order valence-electron chi connectivity index (χ4n) is 1.42. The molecule has 0 bridgehead atoms. The average molecular weight is 352 g/mol. The molecule has 23 heavy (non-hydrogen) atoms. The lowest BCUT2D eigenvalue weighted by Crippen LogP contribution is -2.35. The second kappa shape index (κ2) is 15.1. The molecular formula is C17H34F6. The zero-order chi connectivity index (χ0) is 19.1. The molecule has 0 radical (unpaired) electrons. The van der Waals surface area contributed by atoms with Crippen molar-refractivity contribution in [3.05, 3.63) is 0 Å². The maximum absolute atomic E-state index is 11.7. The topological polar surface area (TPSA) is 0 Å². The summed E-state index contributed by atoms with van der Waals surface area (Å²) in [7, 11) is 0. The molecule has 0 amide bonds. The molecule has 2 unspecified atom stereocenters. The lowest BCUT2D eigenvalue weighted by atomic mass is 9.95. The van der Waals surface area contributed by atoms with Gasteiger partial charge in [0.05, 0.1) is 11.8 Å². The van der Waals surface area contributed by atoms with Gasteiger partial charge in [-0.25, -0.2) is 0 Å². The Kier molecular flexibility index (Phi) is 18.0. The molecule has 0 aromatic heterocycles. The first-order valence-electron chi connectivity index (χ1n) is 8.53. The lowest BCUT2D eigenvalue weighted by Gasteiger charge is -2.24. The van der Waals surface area contributed by atoms with Gasteiger partial charge in [0.25, 0.3) is 0 Å². The third-order valence-electron chi connectivity index (χ3n) is 3.24. The number of rotatable bonds is 6. The molecule has 0 aromatic carbocycles. The number of alkyl halides is 6. The molecule has 2 atom stereocenters. The summed E-state index contributed by atoms with van der Waals surface area (Å²) in [5.74, 6) is -4.70. The average Bonchev–Trinajstić information content (AvgIpc) is 2.41. The van der Waals surface area contributed by atoms with E-state index < -0.39 is 24.2 Å². The van der Waals surface area contributed by atoms with Crippen LogP contribution in [-0.2, 0) is 0 Å². The molecular weight excluding hydrogens is 318 g/mol. The Labute approximate surface area is 138 Å². The van der Waals surface area contributed by atoms with Gasteiger partial charge in [-0.3, -0.25) is 0 Å². The molecule has 0 rings (SSSR count). The molecule has 0 aliphatic rings. The van der Waals surface area contributed by atoms with Crippen molar-refractivity contribution in [1.82, 2.24) is 0 Å². The first-order valence-corrected chi connectivity index (χ1v) is 8.53. The van der Waals surface area contributed by atoms with Gasteiger partial charge in [0, 0.05) is 0 Å². The predicted octanol–water partition coefficient (Wildman–Crippen LogP) is 8.17. The number of hydrogen-bond acceptors (Lipinski definition) is 0. The second-order valence-corrected chi connectivity index (χ2v) is 5.78. The van der Waals surface area contributed by atoms with Gasteiger partial charge in [-0.1, -0.05) is 86.5 Å². The predicted molar refractivity (Wildman–Crippen MR) is 85.5 cm³/mol. The van der Waals surface area contributed by atoms with E-state index in [0.717, 1.165) is 0 Å². The van der Waals surface area contributed by atoms with Crippen LogP contribution in [-0.4, -0.2) is 12.4 Å². The molecule has 0 aromatic rings. The van der Waals surface area contributed by atoms with Crippen LogP contribution in [0.1, 0.15) is 86.5 Å². The van der Waals surface area contributed by atoms with E-state index >= 15 is 0 Å². The van der Waals surface area contributed by atoms with Crippen LogP contribution >= 0.6 is 0 Å². The van der Waals surface area contributed by atoms with Crippen molar-refractivity contribution >= 4 is 0 Å². The van der Waals surface area contributed by atoms with E-state index in [1.807, 2.05) is 0 Å². The molecule has 0 heterocycles. The Bertz CT molecular complexity index is 208. The van der Waals surface area contributed by atoms with Crippen molar-refractivity contribution < 1.29 is 26.3 Å². The van der Waals surface area contributed by atoms with Crippen molar-refractivity contribution in [2.24, 2.45) is 11.8 Å². The Morgan fingerprint density at radius 1 is 0.565 bits per heavy atom. The second-order valence-electron chi connectivity index (χ2n) is 5.78. The highest BCUT2D eigenvalue weighted by molar-refractivity contribution is 4.74. The third-order valence-corrected chi connectivity index (χ3v) is 3.24. The van der Waals surface area contributed by atoms with Crippen LogP contribution in [0.2, 0.25) is 0 Å². The molecule has 0 nitrogen and oxygen atoms in total.